The zero-order valence-corrected chi connectivity index (χ0v) is 9.23. The number of hydrogen-bond acceptors (Lipinski definition) is 3. The lowest BCUT2D eigenvalue weighted by Crippen LogP contribution is -2.47. The lowest BCUT2D eigenvalue weighted by molar-refractivity contribution is -0.130. The third-order valence-electron chi connectivity index (χ3n) is 3.17. The molecule has 6 heteroatoms. The van der Waals surface area contributed by atoms with Crippen molar-refractivity contribution in [3.63, 3.8) is 0 Å². The van der Waals surface area contributed by atoms with Crippen molar-refractivity contribution in [1.82, 2.24) is 15.1 Å². The molecule has 6 nitrogen and oxygen atoms in total. The number of amides is 4. The third kappa shape index (κ3) is 2.00. The Morgan fingerprint density at radius 2 is 1.94 bits per heavy atom. The molecule has 88 valence electrons. The predicted octanol–water partition coefficient (Wildman–Crippen LogP) is -0.451. The van der Waals surface area contributed by atoms with Crippen LogP contribution in [0.5, 0.6) is 0 Å². The highest BCUT2D eigenvalue weighted by Crippen LogP contribution is 2.18. The highest BCUT2D eigenvalue weighted by atomic mass is 16.2. The van der Waals surface area contributed by atoms with Crippen molar-refractivity contribution in [2.75, 3.05) is 19.6 Å². The molecule has 2 aliphatic heterocycles. The predicted molar refractivity (Wildman–Crippen MR) is 55.5 cm³/mol. The minimum Gasteiger partial charge on any atom is -0.343 e. The second kappa shape index (κ2) is 4.11. The average Bonchev–Trinajstić information content (AvgIpc) is 2.58. The Morgan fingerprint density at radius 1 is 1.31 bits per heavy atom. The van der Waals surface area contributed by atoms with Crippen molar-refractivity contribution in [1.29, 1.82) is 0 Å². The Labute approximate surface area is 93.6 Å². The van der Waals surface area contributed by atoms with Gasteiger partial charge in [0.05, 0.1) is 0 Å². The average molecular weight is 225 g/mol. The molecule has 0 radical (unpaired) electrons. The van der Waals surface area contributed by atoms with E-state index in [1.807, 2.05) is 0 Å². The van der Waals surface area contributed by atoms with Gasteiger partial charge in [-0.3, -0.25) is 14.9 Å². The van der Waals surface area contributed by atoms with E-state index in [1.165, 1.54) is 0 Å². The van der Waals surface area contributed by atoms with Crippen molar-refractivity contribution >= 4 is 17.8 Å². The number of rotatable bonds is 1. The highest BCUT2D eigenvalue weighted by Gasteiger charge is 2.34. The number of nitrogens with one attached hydrogen (secondary N) is 1. The van der Waals surface area contributed by atoms with Crippen molar-refractivity contribution in [3.8, 4) is 0 Å². The van der Waals surface area contributed by atoms with E-state index in [0.717, 1.165) is 12.8 Å². The summed E-state index contributed by atoms with van der Waals surface area (Å²) >= 11 is 0. The van der Waals surface area contributed by atoms with Crippen LogP contribution in [0.25, 0.3) is 0 Å². The van der Waals surface area contributed by atoms with Crippen LogP contribution >= 0.6 is 0 Å². The molecule has 2 aliphatic rings. The molecule has 0 aliphatic carbocycles. The molecule has 2 heterocycles. The van der Waals surface area contributed by atoms with Gasteiger partial charge < -0.3 is 9.80 Å². The van der Waals surface area contributed by atoms with E-state index < -0.39 is 0 Å². The summed E-state index contributed by atoms with van der Waals surface area (Å²) in [6.07, 6.45) is 1.50. The van der Waals surface area contributed by atoms with E-state index in [9.17, 15) is 14.4 Å². The molecule has 0 bridgehead atoms. The SMILES string of the molecule is CC(=O)N1CCC(N2CC(=O)NC2=O)CC1. The molecule has 0 aromatic rings. The molecule has 4 amide bonds. The Kier molecular flexibility index (Phi) is 2.80. The van der Waals surface area contributed by atoms with Crippen LogP contribution in [-0.4, -0.2) is 53.3 Å². The van der Waals surface area contributed by atoms with Gasteiger partial charge >= 0.3 is 6.03 Å². The first-order chi connectivity index (χ1) is 7.58. The molecule has 0 aromatic heterocycles. The summed E-state index contributed by atoms with van der Waals surface area (Å²) in [6, 6.07) is -0.215. The fourth-order valence-corrected chi connectivity index (χ4v) is 2.24. The lowest BCUT2D eigenvalue weighted by atomic mass is 10.0. The fourth-order valence-electron chi connectivity index (χ4n) is 2.24. The van der Waals surface area contributed by atoms with Gasteiger partial charge in [-0.15, -0.1) is 0 Å². The van der Waals surface area contributed by atoms with Crippen LogP contribution in [0.3, 0.4) is 0 Å². The van der Waals surface area contributed by atoms with E-state index in [1.54, 1.807) is 16.7 Å². The summed E-state index contributed by atoms with van der Waals surface area (Å²) in [4.78, 5) is 36.9. The van der Waals surface area contributed by atoms with E-state index >= 15 is 0 Å². The largest absolute Gasteiger partial charge is 0.343 e. The van der Waals surface area contributed by atoms with Crippen molar-refractivity contribution in [2.24, 2.45) is 0 Å². The lowest BCUT2D eigenvalue weighted by Gasteiger charge is -2.35. The maximum absolute atomic E-state index is 11.4. The second-order valence-corrected chi connectivity index (χ2v) is 4.22. The monoisotopic (exact) mass is 225 g/mol. The van der Waals surface area contributed by atoms with Crippen LogP contribution in [0.2, 0.25) is 0 Å². The van der Waals surface area contributed by atoms with E-state index in [2.05, 4.69) is 5.32 Å². The van der Waals surface area contributed by atoms with E-state index in [-0.39, 0.29) is 30.4 Å². The Bertz CT molecular complexity index is 334. The van der Waals surface area contributed by atoms with Gasteiger partial charge in [0.15, 0.2) is 0 Å². The van der Waals surface area contributed by atoms with Crippen molar-refractivity contribution in [3.05, 3.63) is 0 Å². The molecule has 0 saturated carbocycles. The summed E-state index contributed by atoms with van der Waals surface area (Å²) in [6.45, 7) is 3.03. The van der Waals surface area contributed by atoms with Crippen molar-refractivity contribution in [2.45, 2.75) is 25.8 Å². The van der Waals surface area contributed by atoms with Gasteiger partial charge in [-0.25, -0.2) is 4.79 Å². The maximum atomic E-state index is 11.4. The zero-order valence-electron chi connectivity index (χ0n) is 9.23. The summed E-state index contributed by atoms with van der Waals surface area (Å²) in [5, 5.41) is 2.27. The van der Waals surface area contributed by atoms with Gasteiger partial charge in [-0.1, -0.05) is 0 Å². The normalized spacial score (nSPS) is 22.6. The van der Waals surface area contributed by atoms with Crippen LogP contribution in [0, 0.1) is 0 Å². The molecule has 0 atom stereocenters. The van der Waals surface area contributed by atoms with Gasteiger partial charge in [-0.2, -0.15) is 0 Å². The minimum absolute atomic E-state index is 0.0698. The van der Waals surface area contributed by atoms with Gasteiger partial charge in [0, 0.05) is 26.1 Å². The minimum atomic E-state index is -0.300. The Hall–Kier alpha value is -1.59. The van der Waals surface area contributed by atoms with Gasteiger partial charge in [0.2, 0.25) is 11.8 Å². The molecular weight excluding hydrogens is 210 g/mol. The number of nitrogens with zero attached hydrogens (tertiary/aromatic N) is 2. The first-order valence-corrected chi connectivity index (χ1v) is 5.44. The second-order valence-electron chi connectivity index (χ2n) is 4.22. The molecule has 1 N–H and O–H groups in total. The summed E-state index contributed by atoms with van der Waals surface area (Å²) in [5.74, 6) is -0.167. The van der Waals surface area contributed by atoms with E-state index in [0.29, 0.717) is 13.1 Å². The van der Waals surface area contributed by atoms with Crippen LogP contribution in [0.15, 0.2) is 0 Å². The number of imide groups is 1. The van der Waals surface area contributed by atoms with Crippen LogP contribution in [0.4, 0.5) is 4.79 Å². The molecule has 0 spiro atoms. The Balaban J connectivity index is 1.92. The van der Waals surface area contributed by atoms with Gasteiger partial charge in [-0.05, 0) is 12.8 Å². The first-order valence-electron chi connectivity index (χ1n) is 5.44. The molecule has 0 aromatic carbocycles. The number of piperidine rings is 1. The topological polar surface area (TPSA) is 69.7 Å². The molecule has 0 unspecified atom stereocenters. The quantitative estimate of drug-likeness (QED) is 0.614. The summed E-state index contributed by atoms with van der Waals surface area (Å²) in [5.41, 5.74) is 0. The number of hydrogen-bond donors (Lipinski definition) is 1. The first kappa shape index (κ1) is 10.9. The fraction of sp³-hybridized carbons (Fsp3) is 0.700. The highest BCUT2D eigenvalue weighted by molar-refractivity contribution is 6.02. The Morgan fingerprint density at radius 3 is 2.38 bits per heavy atom. The third-order valence-corrected chi connectivity index (χ3v) is 3.17. The number of urea groups is 1. The van der Waals surface area contributed by atoms with Crippen LogP contribution in [-0.2, 0) is 9.59 Å². The molecule has 2 fully saturated rings. The standard InChI is InChI=1S/C10H15N3O3/c1-7(14)12-4-2-8(3-5-12)13-6-9(15)11-10(13)16/h8H,2-6H2,1H3,(H,11,15,16). The van der Waals surface area contributed by atoms with Gasteiger partial charge in [0.1, 0.15) is 6.54 Å². The molecule has 16 heavy (non-hydrogen) atoms. The molecular formula is C10H15N3O3. The smallest absolute Gasteiger partial charge is 0.324 e. The molecule has 2 saturated heterocycles. The van der Waals surface area contributed by atoms with E-state index in [4.69, 9.17) is 0 Å². The summed E-state index contributed by atoms with van der Waals surface area (Å²) < 4.78 is 0. The van der Waals surface area contributed by atoms with Crippen LogP contribution in [0.1, 0.15) is 19.8 Å². The van der Waals surface area contributed by atoms with Crippen LogP contribution < -0.4 is 5.32 Å². The molecule has 2 rings (SSSR count). The number of carbonyl (C=O) groups is 3. The van der Waals surface area contributed by atoms with Gasteiger partial charge in [0.25, 0.3) is 0 Å². The number of likely N-dealkylation sites (tertiary alicyclic amines) is 1. The van der Waals surface area contributed by atoms with Crippen molar-refractivity contribution < 1.29 is 14.4 Å². The zero-order chi connectivity index (χ0) is 11.7. The number of carbonyl (C=O) groups excluding carboxylic acids is 3. The maximum Gasteiger partial charge on any atom is 0.324 e. The summed E-state index contributed by atoms with van der Waals surface area (Å²) in [7, 11) is 0.